The van der Waals surface area contributed by atoms with Gasteiger partial charge in [0.05, 0.1) is 32.0 Å². The van der Waals surface area contributed by atoms with Crippen LogP contribution in [-0.2, 0) is 11.3 Å². The fourth-order valence-electron chi connectivity index (χ4n) is 4.97. The molecule has 1 saturated heterocycles. The van der Waals surface area contributed by atoms with Gasteiger partial charge in [0.15, 0.2) is 5.78 Å². The molecular weight excluding hydrogens is 469 g/mol. The summed E-state index contributed by atoms with van der Waals surface area (Å²) in [6.07, 6.45) is -2.22. The Bertz CT molecular complexity index is 1180. The van der Waals surface area contributed by atoms with Crippen molar-refractivity contribution in [3.8, 4) is 5.88 Å². The van der Waals surface area contributed by atoms with Crippen LogP contribution in [0.15, 0.2) is 29.2 Å². The number of halogens is 3. The normalized spacial score (nSPS) is 22.5. The molecule has 0 aromatic carbocycles. The maximum atomic E-state index is 14.0. The van der Waals surface area contributed by atoms with Crippen molar-refractivity contribution in [2.75, 3.05) is 36.7 Å². The van der Waals surface area contributed by atoms with Gasteiger partial charge in [-0.15, -0.1) is 0 Å². The molecule has 1 spiro atoms. The highest BCUT2D eigenvalue weighted by atomic mass is 19.4. The molecule has 2 aromatic rings. The van der Waals surface area contributed by atoms with E-state index >= 15 is 0 Å². The molecule has 4 heterocycles. The molecule has 2 aliphatic heterocycles. The van der Waals surface area contributed by atoms with Crippen molar-refractivity contribution in [2.24, 2.45) is 5.73 Å². The average molecular weight is 494 g/mol. The minimum Gasteiger partial charge on any atom is -0.481 e. The van der Waals surface area contributed by atoms with Crippen molar-refractivity contribution in [2.45, 2.75) is 49.7 Å². The van der Waals surface area contributed by atoms with Gasteiger partial charge in [-0.25, -0.2) is 4.98 Å². The van der Waals surface area contributed by atoms with E-state index in [9.17, 15) is 22.8 Å². The molecular formula is C22H25F3N6O4. The van der Waals surface area contributed by atoms with Gasteiger partial charge < -0.3 is 25.0 Å². The number of carbonyl (C=O) groups excluding carboxylic acids is 1. The SMILES string of the molecule is COc1ccc(C(=O)CN2c3nc(N4C[C@@H](OCN)C45CC5)cc(=O)n3CC[C@H]2C(F)(F)F)cn1. The maximum absolute atomic E-state index is 14.0. The summed E-state index contributed by atoms with van der Waals surface area (Å²) in [5, 5.41) is 0. The third-order valence-corrected chi connectivity index (χ3v) is 7.01. The van der Waals surface area contributed by atoms with E-state index in [0.29, 0.717) is 6.54 Å². The molecule has 35 heavy (non-hydrogen) atoms. The van der Waals surface area contributed by atoms with Crippen molar-refractivity contribution in [1.29, 1.82) is 0 Å². The summed E-state index contributed by atoms with van der Waals surface area (Å²) in [6.45, 7) is -0.265. The number of hydrogen-bond acceptors (Lipinski definition) is 9. The molecule has 0 radical (unpaired) electrons. The molecule has 13 heteroatoms. The van der Waals surface area contributed by atoms with Crippen LogP contribution < -0.4 is 25.8 Å². The van der Waals surface area contributed by atoms with Gasteiger partial charge in [0.25, 0.3) is 5.56 Å². The molecule has 3 aliphatic rings. The number of ketones is 1. The van der Waals surface area contributed by atoms with Crippen molar-refractivity contribution >= 4 is 17.5 Å². The van der Waals surface area contributed by atoms with Crippen LogP contribution in [0.5, 0.6) is 5.88 Å². The summed E-state index contributed by atoms with van der Waals surface area (Å²) < 4.78 is 53.7. The number of methoxy groups -OCH3 is 1. The van der Waals surface area contributed by atoms with E-state index in [4.69, 9.17) is 15.2 Å². The number of rotatable bonds is 7. The quantitative estimate of drug-likeness (QED) is 0.450. The van der Waals surface area contributed by atoms with Crippen LogP contribution in [0.4, 0.5) is 24.9 Å². The zero-order valence-corrected chi connectivity index (χ0v) is 19.0. The first-order chi connectivity index (χ1) is 16.7. The van der Waals surface area contributed by atoms with Crippen molar-refractivity contribution in [3.63, 3.8) is 0 Å². The van der Waals surface area contributed by atoms with Crippen LogP contribution in [0.2, 0.25) is 0 Å². The second kappa shape index (κ2) is 8.48. The number of anilines is 2. The van der Waals surface area contributed by atoms with Gasteiger partial charge >= 0.3 is 6.18 Å². The van der Waals surface area contributed by atoms with Gasteiger partial charge in [0.2, 0.25) is 11.8 Å². The highest BCUT2D eigenvalue weighted by molar-refractivity contribution is 5.99. The first-order valence-corrected chi connectivity index (χ1v) is 11.3. The zero-order valence-electron chi connectivity index (χ0n) is 19.0. The first kappa shape index (κ1) is 23.5. The van der Waals surface area contributed by atoms with Crippen LogP contribution in [0.3, 0.4) is 0 Å². The minimum atomic E-state index is -4.62. The van der Waals surface area contributed by atoms with Crippen molar-refractivity contribution < 1.29 is 27.4 Å². The smallest absolute Gasteiger partial charge is 0.408 e. The molecule has 2 N–H and O–H groups in total. The topological polar surface area (TPSA) is 116 Å². The Balaban J connectivity index is 1.49. The molecule has 5 rings (SSSR count). The van der Waals surface area contributed by atoms with Gasteiger partial charge in [-0.2, -0.15) is 18.2 Å². The number of alkyl halides is 3. The molecule has 2 fully saturated rings. The molecule has 0 unspecified atom stereocenters. The Kier molecular flexibility index (Phi) is 5.71. The lowest BCUT2D eigenvalue weighted by Gasteiger charge is -2.49. The molecule has 0 amide bonds. The fourth-order valence-corrected chi connectivity index (χ4v) is 4.97. The third kappa shape index (κ3) is 4.01. The molecule has 0 bridgehead atoms. The molecule has 10 nitrogen and oxygen atoms in total. The molecule has 188 valence electrons. The summed E-state index contributed by atoms with van der Waals surface area (Å²) in [5.41, 5.74) is 4.84. The van der Waals surface area contributed by atoms with E-state index in [1.807, 2.05) is 4.90 Å². The Labute approximate surface area is 198 Å². The summed E-state index contributed by atoms with van der Waals surface area (Å²) in [6, 6.07) is 2.27. The second-order valence-electron chi connectivity index (χ2n) is 8.93. The van der Waals surface area contributed by atoms with Crippen LogP contribution in [0.1, 0.15) is 29.6 Å². The van der Waals surface area contributed by atoms with Crippen molar-refractivity contribution in [3.05, 3.63) is 40.3 Å². The maximum Gasteiger partial charge on any atom is 0.408 e. The minimum absolute atomic E-state index is 0.0594. The summed E-state index contributed by atoms with van der Waals surface area (Å²) >= 11 is 0. The van der Waals surface area contributed by atoms with E-state index in [1.165, 1.54) is 36.1 Å². The zero-order chi connectivity index (χ0) is 25.0. The number of carbonyl (C=O) groups is 1. The van der Waals surface area contributed by atoms with E-state index in [0.717, 1.165) is 17.7 Å². The summed E-state index contributed by atoms with van der Waals surface area (Å²) in [7, 11) is 1.41. The highest BCUT2D eigenvalue weighted by Gasteiger charge is 2.63. The number of aromatic nitrogens is 3. The van der Waals surface area contributed by atoms with E-state index in [1.54, 1.807) is 0 Å². The number of nitrogens with zero attached hydrogens (tertiary/aromatic N) is 5. The van der Waals surface area contributed by atoms with Crippen LogP contribution in [0, 0.1) is 0 Å². The lowest BCUT2D eigenvalue weighted by molar-refractivity contribution is -0.152. The number of Topliss-reactive ketones (excluding diaryl/α,β-unsaturated/α-hetero) is 1. The third-order valence-electron chi connectivity index (χ3n) is 7.01. The number of hydrogen-bond donors (Lipinski definition) is 1. The molecule has 2 aromatic heterocycles. The highest BCUT2D eigenvalue weighted by Crippen LogP contribution is 2.54. The monoisotopic (exact) mass is 494 g/mol. The Morgan fingerprint density at radius 1 is 1.31 bits per heavy atom. The van der Waals surface area contributed by atoms with Gasteiger partial charge in [-0.1, -0.05) is 0 Å². The Morgan fingerprint density at radius 2 is 2.09 bits per heavy atom. The van der Waals surface area contributed by atoms with Crippen molar-refractivity contribution in [1.82, 2.24) is 14.5 Å². The molecule has 1 saturated carbocycles. The standard InChI is InChI=1S/C22H25F3N6O4/c1-34-18-3-2-13(9-27-18)14(32)10-30-15(22(23,24)25)4-7-29-19(33)8-17(28-20(29)30)31-11-16(35-12-26)21(31)5-6-21/h2-3,8-9,15-16H,4-7,10-12,26H2,1H3/t15-,16+/m0/s1. The number of nitrogens with two attached hydrogens (primary N) is 1. The van der Waals surface area contributed by atoms with E-state index < -0.39 is 30.1 Å². The predicted octanol–water partition coefficient (Wildman–Crippen LogP) is 1.32. The first-order valence-electron chi connectivity index (χ1n) is 11.3. The van der Waals surface area contributed by atoms with Gasteiger partial charge in [0.1, 0.15) is 11.9 Å². The fraction of sp³-hybridized carbons (Fsp3) is 0.545. The Morgan fingerprint density at radius 3 is 2.69 bits per heavy atom. The van der Waals surface area contributed by atoms with Crippen LogP contribution in [0.25, 0.3) is 0 Å². The second-order valence-corrected chi connectivity index (χ2v) is 8.93. The van der Waals surface area contributed by atoms with Gasteiger partial charge in [-0.05, 0) is 25.3 Å². The number of pyridine rings is 1. The molecule has 2 atom stereocenters. The van der Waals surface area contributed by atoms with Gasteiger partial charge in [-0.3, -0.25) is 14.2 Å². The van der Waals surface area contributed by atoms with E-state index in [-0.39, 0.29) is 54.5 Å². The summed E-state index contributed by atoms with van der Waals surface area (Å²) in [4.78, 5) is 37.1. The lowest BCUT2D eigenvalue weighted by atomic mass is 9.96. The average Bonchev–Trinajstić information content (AvgIpc) is 3.65. The van der Waals surface area contributed by atoms with E-state index in [2.05, 4.69) is 9.97 Å². The summed E-state index contributed by atoms with van der Waals surface area (Å²) in [5.74, 6) is -0.199. The van der Waals surface area contributed by atoms with Crippen LogP contribution >= 0.6 is 0 Å². The van der Waals surface area contributed by atoms with Crippen LogP contribution in [-0.4, -0.2) is 71.1 Å². The Hall–Kier alpha value is -3.19. The lowest BCUT2D eigenvalue weighted by Crippen LogP contribution is -2.65. The predicted molar refractivity (Wildman–Crippen MR) is 119 cm³/mol. The largest absolute Gasteiger partial charge is 0.481 e. The molecule has 1 aliphatic carbocycles. The number of fused-ring (bicyclic) bond motifs is 1. The number of ether oxygens (including phenoxy) is 2. The van der Waals surface area contributed by atoms with Gasteiger partial charge in [0, 0.05) is 37.0 Å².